The average Bonchev–Trinajstić information content (AvgIpc) is 2.67. The number of hydrogen-bond acceptors (Lipinski definition) is 1. The predicted molar refractivity (Wildman–Crippen MR) is 66.0 cm³/mol. The van der Waals surface area contributed by atoms with E-state index in [-0.39, 0.29) is 5.82 Å². The minimum absolute atomic E-state index is 0.221. The van der Waals surface area contributed by atoms with Crippen LogP contribution in [-0.4, -0.2) is 12.1 Å². The van der Waals surface area contributed by atoms with Crippen molar-refractivity contribution >= 4 is 10.9 Å². The molecule has 0 radical (unpaired) electrons. The van der Waals surface area contributed by atoms with Crippen molar-refractivity contribution < 1.29 is 9.13 Å². The van der Waals surface area contributed by atoms with E-state index in [1.165, 1.54) is 23.7 Å². The summed E-state index contributed by atoms with van der Waals surface area (Å²) in [6, 6.07) is 3.37. The molecule has 0 bridgehead atoms. The van der Waals surface area contributed by atoms with Crippen LogP contribution in [0.1, 0.15) is 24.6 Å². The van der Waals surface area contributed by atoms with Crippen LogP contribution in [0.4, 0.5) is 4.39 Å². The Morgan fingerprint density at radius 2 is 2.24 bits per heavy atom. The fraction of sp³-hybridized carbons (Fsp3) is 0.429. The number of rotatable bonds is 1. The molecule has 2 nitrogen and oxygen atoms in total. The van der Waals surface area contributed by atoms with Crippen molar-refractivity contribution in [1.29, 1.82) is 0 Å². The summed E-state index contributed by atoms with van der Waals surface area (Å²) in [4.78, 5) is 3.24. The number of fused-ring (bicyclic) bond motifs is 3. The number of benzene rings is 1. The molecular weight excluding hydrogens is 217 g/mol. The van der Waals surface area contributed by atoms with E-state index in [0.717, 1.165) is 18.2 Å². The van der Waals surface area contributed by atoms with E-state index in [1.54, 1.807) is 7.11 Å². The molecule has 1 N–H and O–H groups in total. The summed E-state index contributed by atoms with van der Waals surface area (Å²) in [7, 11) is 1.57. The third-order valence-electron chi connectivity index (χ3n) is 3.70. The maximum Gasteiger partial charge on any atom is 0.150 e. The zero-order valence-electron chi connectivity index (χ0n) is 10.1. The highest BCUT2D eigenvalue weighted by molar-refractivity contribution is 5.86. The average molecular weight is 233 g/mol. The topological polar surface area (TPSA) is 25.0 Å². The third-order valence-corrected chi connectivity index (χ3v) is 3.70. The van der Waals surface area contributed by atoms with Gasteiger partial charge < -0.3 is 9.72 Å². The number of hydrogen-bond donors (Lipinski definition) is 1. The van der Waals surface area contributed by atoms with Crippen LogP contribution in [0, 0.1) is 11.7 Å². The van der Waals surface area contributed by atoms with Crippen LogP contribution in [-0.2, 0) is 12.8 Å². The Balaban J connectivity index is 2.24. The molecule has 0 aliphatic heterocycles. The molecule has 0 unspecified atom stereocenters. The largest absolute Gasteiger partial charge is 0.497 e. The van der Waals surface area contributed by atoms with Gasteiger partial charge in [0.1, 0.15) is 5.75 Å². The van der Waals surface area contributed by atoms with Gasteiger partial charge in [-0.05, 0) is 36.8 Å². The fourth-order valence-electron chi connectivity index (χ4n) is 2.75. The van der Waals surface area contributed by atoms with Crippen molar-refractivity contribution in [2.75, 3.05) is 7.11 Å². The van der Waals surface area contributed by atoms with Gasteiger partial charge in [0.25, 0.3) is 0 Å². The van der Waals surface area contributed by atoms with Crippen molar-refractivity contribution in [3.63, 3.8) is 0 Å². The van der Waals surface area contributed by atoms with Gasteiger partial charge in [-0.15, -0.1) is 0 Å². The Kier molecular flexibility index (Phi) is 2.35. The molecular formula is C14H16FNO. The van der Waals surface area contributed by atoms with E-state index in [4.69, 9.17) is 4.74 Å². The first-order chi connectivity index (χ1) is 8.19. The summed E-state index contributed by atoms with van der Waals surface area (Å²) in [5.41, 5.74) is 3.10. The number of H-pyrrole nitrogens is 1. The van der Waals surface area contributed by atoms with E-state index >= 15 is 0 Å². The number of aryl methyl sites for hydroxylation is 1. The molecule has 17 heavy (non-hydrogen) atoms. The molecule has 1 aromatic carbocycles. The van der Waals surface area contributed by atoms with Gasteiger partial charge in [0.2, 0.25) is 0 Å². The van der Waals surface area contributed by atoms with Crippen molar-refractivity contribution in [1.82, 2.24) is 4.98 Å². The molecule has 0 fully saturated rings. The normalized spacial score (nSPS) is 19.4. The minimum Gasteiger partial charge on any atom is -0.497 e. The lowest BCUT2D eigenvalue weighted by atomic mass is 9.88. The lowest BCUT2D eigenvalue weighted by molar-refractivity contribution is 0.412. The van der Waals surface area contributed by atoms with Crippen LogP contribution in [0.5, 0.6) is 5.75 Å². The van der Waals surface area contributed by atoms with Gasteiger partial charge in [-0.2, -0.15) is 0 Å². The first kappa shape index (κ1) is 10.6. The maximum atomic E-state index is 13.9. The van der Waals surface area contributed by atoms with E-state index in [9.17, 15) is 4.39 Å². The highest BCUT2D eigenvalue weighted by Gasteiger charge is 2.21. The van der Waals surface area contributed by atoms with E-state index in [2.05, 4.69) is 11.9 Å². The Morgan fingerprint density at radius 3 is 3.00 bits per heavy atom. The molecule has 1 heterocycles. The molecule has 1 atom stereocenters. The number of halogens is 1. The summed E-state index contributed by atoms with van der Waals surface area (Å²) < 4.78 is 19.0. The fourth-order valence-corrected chi connectivity index (χ4v) is 2.75. The van der Waals surface area contributed by atoms with Crippen LogP contribution in [0.2, 0.25) is 0 Å². The second-order valence-corrected chi connectivity index (χ2v) is 4.96. The van der Waals surface area contributed by atoms with Crippen LogP contribution >= 0.6 is 0 Å². The molecule has 90 valence electrons. The van der Waals surface area contributed by atoms with E-state index in [1.807, 2.05) is 6.07 Å². The summed E-state index contributed by atoms with van der Waals surface area (Å²) in [6.07, 6.45) is 3.23. The monoisotopic (exact) mass is 233 g/mol. The standard InChI is InChI=1S/C14H16FNO/c1-8-3-4-10-11-6-9(17-2)7-12(15)14(11)16-13(10)5-8/h6-8,16H,3-5H2,1-2H3/t8-/m0/s1. The van der Waals surface area contributed by atoms with Crippen molar-refractivity contribution in [3.8, 4) is 5.75 Å². The predicted octanol–water partition coefficient (Wildman–Crippen LogP) is 3.44. The number of nitrogens with one attached hydrogen (secondary N) is 1. The smallest absolute Gasteiger partial charge is 0.150 e. The van der Waals surface area contributed by atoms with Gasteiger partial charge in [0.05, 0.1) is 12.6 Å². The molecule has 1 aliphatic carbocycles. The van der Waals surface area contributed by atoms with Crippen LogP contribution in [0.15, 0.2) is 12.1 Å². The molecule has 3 heteroatoms. The third kappa shape index (κ3) is 1.61. The molecule has 0 saturated heterocycles. The van der Waals surface area contributed by atoms with Crippen LogP contribution in [0.3, 0.4) is 0 Å². The van der Waals surface area contributed by atoms with Gasteiger partial charge in [-0.3, -0.25) is 0 Å². The van der Waals surface area contributed by atoms with Crippen molar-refractivity contribution in [2.45, 2.75) is 26.2 Å². The highest BCUT2D eigenvalue weighted by Crippen LogP contribution is 2.34. The Morgan fingerprint density at radius 1 is 1.41 bits per heavy atom. The van der Waals surface area contributed by atoms with Gasteiger partial charge in [-0.25, -0.2) is 4.39 Å². The summed E-state index contributed by atoms with van der Waals surface area (Å²) >= 11 is 0. The second-order valence-electron chi connectivity index (χ2n) is 4.96. The summed E-state index contributed by atoms with van der Waals surface area (Å²) in [5.74, 6) is 1.05. The quantitative estimate of drug-likeness (QED) is 0.801. The number of aromatic amines is 1. The molecule has 1 aliphatic rings. The molecule has 3 rings (SSSR count). The zero-order valence-corrected chi connectivity index (χ0v) is 10.1. The number of methoxy groups -OCH3 is 1. The van der Waals surface area contributed by atoms with Gasteiger partial charge >= 0.3 is 0 Å². The van der Waals surface area contributed by atoms with Gasteiger partial charge in [0, 0.05) is 17.1 Å². The van der Waals surface area contributed by atoms with E-state index in [0.29, 0.717) is 17.2 Å². The number of ether oxygens (including phenoxy) is 1. The summed E-state index contributed by atoms with van der Waals surface area (Å²) in [6.45, 7) is 2.24. The van der Waals surface area contributed by atoms with Crippen molar-refractivity contribution in [3.05, 3.63) is 29.2 Å². The minimum atomic E-state index is -0.221. The molecule has 0 spiro atoms. The Hall–Kier alpha value is -1.51. The van der Waals surface area contributed by atoms with Gasteiger partial charge in [0.15, 0.2) is 5.82 Å². The maximum absolute atomic E-state index is 13.9. The van der Waals surface area contributed by atoms with Crippen LogP contribution in [0.25, 0.3) is 10.9 Å². The molecule has 2 aromatic rings. The lowest BCUT2D eigenvalue weighted by Crippen LogP contribution is -2.10. The van der Waals surface area contributed by atoms with E-state index < -0.39 is 0 Å². The Labute approximate surface area is 99.8 Å². The SMILES string of the molecule is COc1cc(F)c2[nH]c3c(c2c1)CC[C@H](C)C3. The number of aromatic nitrogens is 1. The zero-order chi connectivity index (χ0) is 12.0. The highest BCUT2D eigenvalue weighted by atomic mass is 19.1. The molecule has 1 aromatic heterocycles. The Bertz CT molecular complexity index is 573. The lowest BCUT2D eigenvalue weighted by Gasteiger charge is -2.17. The first-order valence-electron chi connectivity index (χ1n) is 6.06. The van der Waals surface area contributed by atoms with Gasteiger partial charge in [-0.1, -0.05) is 6.92 Å². The summed E-state index contributed by atoms with van der Waals surface area (Å²) in [5, 5.41) is 0.990. The van der Waals surface area contributed by atoms with Crippen LogP contribution < -0.4 is 4.74 Å². The first-order valence-corrected chi connectivity index (χ1v) is 6.06. The second kappa shape index (κ2) is 3.76. The molecule has 0 amide bonds. The molecule has 0 saturated carbocycles. The van der Waals surface area contributed by atoms with Crippen molar-refractivity contribution in [2.24, 2.45) is 5.92 Å².